The van der Waals surface area contributed by atoms with Crippen LogP contribution in [0, 0.1) is 5.41 Å². The maximum atomic E-state index is 3.46. The topological polar surface area (TPSA) is 15.8 Å². The van der Waals surface area contributed by atoms with Gasteiger partial charge >= 0.3 is 0 Å². The largest absolute Gasteiger partial charge is 0.361 e. The first-order chi connectivity index (χ1) is 8.94. The molecule has 20 heavy (non-hydrogen) atoms. The molecule has 2 aromatic rings. The molecule has 0 unspecified atom stereocenters. The van der Waals surface area contributed by atoms with E-state index in [4.69, 9.17) is 0 Å². The van der Waals surface area contributed by atoms with E-state index in [2.05, 4.69) is 84.8 Å². The molecule has 0 amide bonds. The van der Waals surface area contributed by atoms with Gasteiger partial charge in [0, 0.05) is 17.1 Å². The van der Waals surface area contributed by atoms with Crippen LogP contribution in [0.5, 0.6) is 0 Å². The summed E-state index contributed by atoms with van der Waals surface area (Å²) in [6, 6.07) is 6.92. The number of nitrogens with one attached hydrogen (secondary N) is 1. The number of aromatic nitrogens is 1. The fraction of sp³-hybridized carbons (Fsp3) is 0.579. The molecule has 0 radical (unpaired) electrons. The minimum absolute atomic E-state index is 0.147. The lowest BCUT2D eigenvalue weighted by Crippen LogP contribution is -2.33. The molecular weight excluding hydrogens is 242 g/mol. The molecule has 0 atom stereocenters. The highest BCUT2D eigenvalue weighted by atomic mass is 14.7. The normalized spacial score (nSPS) is 14.0. The van der Waals surface area contributed by atoms with Crippen molar-refractivity contribution in [2.24, 2.45) is 5.41 Å². The number of fused-ring (bicyclic) bond motifs is 1. The molecule has 1 heteroatoms. The second-order valence-corrected chi connectivity index (χ2v) is 8.59. The zero-order valence-electron chi connectivity index (χ0n) is 14.3. The van der Waals surface area contributed by atoms with Crippen molar-refractivity contribution in [3.8, 4) is 0 Å². The molecule has 0 saturated carbocycles. The fourth-order valence-corrected chi connectivity index (χ4v) is 2.57. The Morgan fingerprint density at radius 3 is 1.95 bits per heavy atom. The Morgan fingerprint density at radius 1 is 0.850 bits per heavy atom. The first-order valence-corrected chi connectivity index (χ1v) is 7.57. The maximum Gasteiger partial charge on any atom is 0.0459 e. The highest BCUT2D eigenvalue weighted by molar-refractivity contribution is 5.85. The molecule has 0 aliphatic rings. The van der Waals surface area contributed by atoms with Gasteiger partial charge in [-0.05, 0) is 33.4 Å². The van der Waals surface area contributed by atoms with E-state index in [1.807, 2.05) is 0 Å². The van der Waals surface area contributed by atoms with E-state index in [9.17, 15) is 0 Å². The van der Waals surface area contributed by atoms with Crippen molar-refractivity contribution in [1.29, 1.82) is 0 Å². The van der Waals surface area contributed by atoms with E-state index < -0.39 is 0 Å². The van der Waals surface area contributed by atoms with Crippen molar-refractivity contribution in [1.82, 2.24) is 4.98 Å². The molecule has 110 valence electrons. The van der Waals surface area contributed by atoms with Gasteiger partial charge < -0.3 is 4.98 Å². The summed E-state index contributed by atoms with van der Waals surface area (Å²) in [4.78, 5) is 3.46. The summed E-state index contributed by atoms with van der Waals surface area (Å²) in [5.41, 5.74) is 4.62. The van der Waals surface area contributed by atoms with Crippen LogP contribution in [0.1, 0.15) is 66.5 Å². The standard InChI is InChI=1S/C19H29N/c1-17(2,3)15-12-20-16-11-13(9-10-14(15)16)19(7,8)18(4,5)6/h9-12,20H,1-8H3. The van der Waals surface area contributed by atoms with Crippen LogP contribution in [-0.4, -0.2) is 4.98 Å². The molecule has 0 saturated heterocycles. The highest BCUT2D eigenvalue weighted by Crippen LogP contribution is 2.42. The van der Waals surface area contributed by atoms with E-state index >= 15 is 0 Å². The van der Waals surface area contributed by atoms with Crippen LogP contribution in [0.2, 0.25) is 0 Å². The summed E-state index contributed by atoms with van der Waals surface area (Å²) in [6.07, 6.45) is 2.17. The maximum absolute atomic E-state index is 3.46. The lowest BCUT2D eigenvalue weighted by molar-refractivity contribution is 0.225. The van der Waals surface area contributed by atoms with Crippen LogP contribution in [-0.2, 0) is 10.8 Å². The quantitative estimate of drug-likeness (QED) is 0.675. The Labute approximate surface area is 123 Å². The second kappa shape index (κ2) is 4.38. The summed E-state index contributed by atoms with van der Waals surface area (Å²) in [5.74, 6) is 0. The van der Waals surface area contributed by atoms with Crippen molar-refractivity contribution in [2.75, 3.05) is 0 Å². The van der Waals surface area contributed by atoms with E-state index in [-0.39, 0.29) is 16.2 Å². The molecule has 2 rings (SSSR count). The number of aromatic amines is 1. The number of hydrogen-bond acceptors (Lipinski definition) is 0. The monoisotopic (exact) mass is 271 g/mol. The van der Waals surface area contributed by atoms with E-state index in [1.54, 1.807) is 0 Å². The van der Waals surface area contributed by atoms with E-state index in [1.165, 1.54) is 22.0 Å². The van der Waals surface area contributed by atoms with Gasteiger partial charge in [0.1, 0.15) is 0 Å². The van der Waals surface area contributed by atoms with E-state index in [0.29, 0.717) is 0 Å². The molecule has 1 aromatic heterocycles. The third-order valence-corrected chi connectivity index (χ3v) is 5.09. The summed E-state index contributed by atoms with van der Waals surface area (Å²) < 4.78 is 0. The van der Waals surface area contributed by atoms with Crippen molar-refractivity contribution in [2.45, 2.75) is 66.2 Å². The molecular formula is C19H29N. The Morgan fingerprint density at radius 2 is 1.45 bits per heavy atom. The summed E-state index contributed by atoms with van der Waals surface area (Å²) in [7, 11) is 0. The first-order valence-electron chi connectivity index (χ1n) is 7.57. The van der Waals surface area contributed by atoms with Gasteiger partial charge in [-0.25, -0.2) is 0 Å². The number of H-pyrrole nitrogens is 1. The minimum atomic E-state index is 0.147. The van der Waals surface area contributed by atoms with Crippen molar-refractivity contribution in [3.05, 3.63) is 35.5 Å². The van der Waals surface area contributed by atoms with Crippen LogP contribution >= 0.6 is 0 Å². The molecule has 0 fully saturated rings. The average Bonchev–Trinajstić information content (AvgIpc) is 2.69. The second-order valence-electron chi connectivity index (χ2n) is 8.59. The van der Waals surface area contributed by atoms with Crippen LogP contribution in [0.4, 0.5) is 0 Å². The van der Waals surface area contributed by atoms with Gasteiger partial charge in [-0.15, -0.1) is 0 Å². The third-order valence-electron chi connectivity index (χ3n) is 5.09. The van der Waals surface area contributed by atoms with E-state index in [0.717, 1.165) is 0 Å². The first kappa shape index (κ1) is 15.2. The Bertz CT molecular complexity index is 615. The molecule has 0 aliphatic carbocycles. The Hall–Kier alpha value is -1.24. The van der Waals surface area contributed by atoms with Crippen LogP contribution in [0.25, 0.3) is 10.9 Å². The minimum Gasteiger partial charge on any atom is -0.361 e. The van der Waals surface area contributed by atoms with Crippen molar-refractivity contribution in [3.63, 3.8) is 0 Å². The average molecular weight is 271 g/mol. The molecule has 1 heterocycles. The Balaban J connectivity index is 2.58. The Kier molecular flexibility index (Phi) is 3.32. The lowest BCUT2D eigenvalue weighted by Gasteiger charge is -2.39. The van der Waals surface area contributed by atoms with Crippen LogP contribution in [0.15, 0.2) is 24.4 Å². The molecule has 0 aliphatic heterocycles. The zero-order chi connectivity index (χ0) is 15.3. The van der Waals surface area contributed by atoms with Crippen molar-refractivity contribution >= 4 is 10.9 Å². The molecule has 1 nitrogen and oxygen atoms in total. The summed E-state index contributed by atoms with van der Waals surface area (Å²) >= 11 is 0. The smallest absolute Gasteiger partial charge is 0.0459 e. The number of benzene rings is 1. The van der Waals surface area contributed by atoms with Gasteiger partial charge in [0.15, 0.2) is 0 Å². The van der Waals surface area contributed by atoms with Gasteiger partial charge in [0.25, 0.3) is 0 Å². The lowest BCUT2D eigenvalue weighted by atomic mass is 9.65. The van der Waals surface area contributed by atoms with Gasteiger partial charge in [-0.1, -0.05) is 67.5 Å². The number of hydrogen-bond donors (Lipinski definition) is 1. The molecule has 0 bridgehead atoms. The highest BCUT2D eigenvalue weighted by Gasteiger charge is 2.34. The third kappa shape index (κ3) is 2.39. The van der Waals surface area contributed by atoms with Gasteiger partial charge in [-0.3, -0.25) is 0 Å². The number of rotatable bonds is 1. The summed E-state index contributed by atoms with van der Waals surface area (Å²) in [6.45, 7) is 18.4. The summed E-state index contributed by atoms with van der Waals surface area (Å²) in [5, 5.41) is 1.35. The van der Waals surface area contributed by atoms with Gasteiger partial charge in [0.2, 0.25) is 0 Å². The molecule has 1 N–H and O–H groups in total. The molecule has 0 spiro atoms. The van der Waals surface area contributed by atoms with Crippen molar-refractivity contribution < 1.29 is 0 Å². The predicted molar refractivity (Wildman–Crippen MR) is 89.5 cm³/mol. The van der Waals surface area contributed by atoms with Gasteiger partial charge in [-0.2, -0.15) is 0 Å². The SMILES string of the molecule is CC(C)(C)c1c[nH]c2cc(C(C)(C)C(C)(C)C)ccc12. The van der Waals surface area contributed by atoms with Crippen LogP contribution in [0.3, 0.4) is 0 Å². The molecule has 1 aromatic carbocycles. The zero-order valence-corrected chi connectivity index (χ0v) is 14.3. The fourth-order valence-electron chi connectivity index (χ4n) is 2.57. The van der Waals surface area contributed by atoms with Crippen LogP contribution < -0.4 is 0 Å². The predicted octanol–water partition coefficient (Wildman–Crippen LogP) is 5.79. The van der Waals surface area contributed by atoms with Gasteiger partial charge in [0.05, 0.1) is 0 Å².